The third-order valence-electron chi connectivity index (χ3n) is 4.09. The maximum atomic E-state index is 5.38. The number of hydrogen-bond acceptors (Lipinski definition) is 3. The minimum absolute atomic E-state index is 0.170. The summed E-state index contributed by atoms with van der Waals surface area (Å²) >= 11 is 5.38. The van der Waals surface area contributed by atoms with Crippen LogP contribution in [-0.4, -0.2) is 46.0 Å². The molecule has 0 aliphatic heterocycles. The third kappa shape index (κ3) is 5.57. The molecule has 1 heterocycles. The van der Waals surface area contributed by atoms with E-state index in [0.717, 1.165) is 44.3 Å². The van der Waals surface area contributed by atoms with Crippen molar-refractivity contribution < 1.29 is 0 Å². The van der Waals surface area contributed by atoms with Gasteiger partial charge in [-0.15, -0.1) is 0 Å². The van der Waals surface area contributed by atoms with E-state index in [2.05, 4.69) is 55.3 Å². The molecule has 1 unspecified atom stereocenters. The lowest BCUT2D eigenvalue weighted by molar-refractivity contribution is 0.300. The maximum absolute atomic E-state index is 5.38. The molecule has 1 aromatic heterocycles. The normalized spacial score (nSPS) is 12.5. The molecule has 0 fully saturated rings. The fourth-order valence-corrected chi connectivity index (χ4v) is 2.85. The highest BCUT2D eigenvalue weighted by molar-refractivity contribution is 7.80. The Labute approximate surface area is 140 Å². The summed E-state index contributed by atoms with van der Waals surface area (Å²) in [5.41, 5.74) is 2.40. The van der Waals surface area contributed by atoms with Crippen LogP contribution in [0.3, 0.4) is 0 Å². The molecule has 0 aliphatic carbocycles. The molecule has 1 atom stereocenters. The minimum atomic E-state index is 0.170. The van der Waals surface area contributed by atoms with Crippen molar-refractivity contribution in [3.05, 3.63) is 17.5 Å². The summed E-state index contributed by atoms with van der Waals surface area (Å²) in [4.78, 5) is 2.42. The Balaban J connectivity index is 2.33. The SMILES string of the molecule is CCN(CC)CCCNC(=S)NC(C)c1cnn(CC)c1C. The lowest BCUT2D eigenvalue weighted by atomic mass is 10.1. The Kier molecular flexibility index (Phi) is 8.42. The second-order valence-corrected chi connectivity index (χ2v) is 5.91. The molecule has 1 aromatic rings. The van der Waals surface area contributed by atoms with Gasteiger partial charge in [-0.25, -0.2) is 0 Å². The van der Waals surface area contributed by atoms with Gasteiger partial charge in [0.15, 0.2) is 5.11 Å². The molecule has 5 nitrogen and oxygen atoms in total. The van der Waals surface area contributed by atoms with Gasteiger partial charge in [0.1, 0.15) is 0 Å². The molecule has 6 heteroatoms. The van der Waals surface area contributed by atoms with Crippen LogP contribution in [-0.2, 0) is 6.54 Å². The number of hydrogen-bond donors (Lipinski definition) is 2. The van der Waals surface area contributed by atoms with Crippen molar-refractivity contribution in [2.75, 3.05) is 26.2 Å². The highest BCUT2D eigenvalue weighted by atomic mass is 32.1. The van der Waals surface area contributed by atoms with E-state index < -0.39 is 0 Å². The molecule has 0 amide bonds. The van der Waals surface area contributed by atoms with Gasteiger partial charge in [0.2, 0.25) is 0 Å². The summed E-state index contributed by atoms with van der Waals surface area (Å²) in [6.45, 7) is 15.8. The predicted molar refractivity (Wildman–Crippen MR) is 97.2 cm³/mol. The van der Waals surface area contributed by atoms with Crippen molar-refractivity contribution in [3.63, 3.8) is 0 Å². The van der Waals surface area contributed by atoms with E-state index in [-0.39, 0.29) is 6.04 Å². The van der Waals surface area contributed by atoms with Crippen molar-refractivity contribution in [2.45, 2.75) is 53.6 Å². The summed E-state index contributed by atoms with van der Waals surface area (Å²) in [5.74, 6) is 0. The number of thiocarbonyl (C=S) groups is 1. The van der Waals surface area contributed by atoms with Crippen LogP contribution in [0.1, 0.15) is 51.4 Å². The summed E-state index contributed by atoms with van der Waals surface area (Å²) in [6.07, 6.45) is 3.03. The van der Waals surface area contributed by atoms with Gasteiger partial charge in [0.25, 0.3) is 0 Å². The molecule has 0 aromatic carbocycles. The van der Waals surface area contributed by atoms with Gasteiger partial charge in [-0.2, -0.15) is 5.10 Å². The molecule has 0 spiro atoms. The quantitative estimate of drug-likeness (QED) is 0.539. The zero-order valence-electron chi connectivity index (χ0n) is 14.6. The summed E-state index contributed by atoms with van der Waals surface area (Å²) in [6, 6.07) is 0.170. The van der Waals surface area contributed by atoms with Gasteiger partial charge in [0.05, 0.1) is 12.2 Å². The molecule has 1 rings (SSSR count). The Morgan fingerprint density at radius 3 is 2.59 bits per heavy atom. The van der Waals surface area contributed by atoms with Crippen molar-refractivity contribution in [3.8, 4) is 0 Å². The number of aryl methyl sites for hydroxylation is 1. The summed E-state index contributed by atoms with van der Waals surface area (Å²) in [7, 11) is 0. The zero-order valence-corrected chi connectivity index (χ0v) is 15.5. The second kappa shape index (κ2) is 9.79. The topological polar surface area (TPSA) is 45.1 Å². The fraction of sp³-hybridized carbons (Fsp3) is 0.750. The van der Waals surface area contributed by atoms with Crippen LogP contribution >= 0.6 is 12.2 Å². The molecule has 0 saturated heterocycles. The molecule has 126 valence electrons. The first-order valence-electron chi connectivity index (χ1n) is 8.32. The van der Waals surface area contributed by atoms with Gasteiger partial charge in [0, 0.05) is 24.3 Å². The van der Waals surface area contributed by atoms with Crippen LogP contribution in [0, 0.1) is 6.92 Å². The molecule has 2 N–H and O–H groups in total. The fourth-order valence-electron chi connectivity index (χ4n) is 2.57. The Morgan fingerprint density at radius 2 is 2.05 bits per heavy atom. The van der Waals surface area contributed by atoms with Crippen molar-refractivity contribution in [1.29, 1.82) is 0 Å². The maximum Gasteiger partial charge on any atom is 0.166 e. The minimum Gasteiger partial charge on any atom is -0.363 e. The van der Waals surface area contributed by atoms with Gasteiger partial charge in [-0.1, -0.05) is 13.8 Å². The van der Waals surface area contributed by atoms with Crippen LogP contribution < -0.4 is 10.6 Å². The number of nitrogens with one attached hydrogen (secondary N) is 2. The highest BCUT2D eigenvalue weighted by Gasteiger charge is 2.13. The molecular formula is C16H31N5S. The van der Waals surface area contributed by atoms with Crippen molar-refractivity contribution in [1.82, 2.24) is 25.3 Å². The monoisotopic (exact) mass is 325 g/mol. The lowest BCUT2D eigenvalue weighted by Crippen LogP contribution is -2.38. The van der Waals surface area contributed by atoms with Crippen molar-refractivity contribution >= 4 is 17.3 Å². The van der Waals surface area contributed by atoms with E-state index in [1.165, 1.54) is 11.3 Å². The second-order valence-electron chi connectivity index (χ2n) is 5.50. The number of nitrogens with zero attached hydrogens (tertiary/aromatic N) is 3. The van der Waals surface area contributed by atoms with Gasteiger partial charge in [-0.05, 0) is 59.0 Å². The van der Waals surface area contributed by atoms with Crippen LogP contribution in [0.5, 0.6) is 0 Å². The summed E-state index contributed by atoms with van der Waals surface area (Å²) in [5, 5.41) is 11.7. The molecule has 0 bridgehead atoms. The van der Waals surface area contributed by atoms with Crippen molar-refractivity contribution in [2.24, 2.45) is 0 Å². The number of rotatable bonds is 9. The first-order valence-corrected chi connectivity index (χ1v) is 8.73. The number of aromatic nitrogens is 2. The average molecular weight is 326 g/mol. The van der Waals surface area contributed by atoms with Crippen LogP contribution in [0.4, 0.5) is 0 Å². The Bertz CT molecular complexity index is 453. The lowest BCUT2D eigenvalue weighted by Gasteiger charge is -2.19. The first kappa shape index (κ1) is 18.9. The molecule has 22 heavy (non-hydrogen) atoms. The predicted octanol–water partition coefficient (Wildman–Crippen LogP) is 2.47. The average Bonchev–Trinajstić information content (AvgIpc) is 2.88. The molecule has 0 aliphatic rings. The third-order valence-corrected chi connectivity index (χ3v) is 4.35. The van der Waals surface area contributed by atoms with E-state index in [1.807, 2.05) is 10.9 Å². The van der Waals surface area contributed by atoms with E-state index in [4.69, 9.17) is 12.2 Å². The van der Waals surface area contributed by atoms with Crippen LogP contribution in [0.15, 0.2) is 6.20 Å². The highest BCUT2D eigenvalue weighted by Crippen LogP contribution is 2.16. The molecule has 0 saturated carbocycles. The van der Waals surface area contributed by atoms with Gasteiger partial charge < -0.3 is 15.5 Å². The Hall–Kier alpha value is -1.14. The molecular weight excluding hydrogens is 294 g/mol. The van der Waals surface area contributed by atoms with E-state index in [9.17, 15) is 0 Å². The van der Waals surface area contributed by atoms with E-state index in [1.54, 1.807) is 0 Å². The largest absolute Gasteiger partial charge is 0.363 e. The standard InChI is InChI=1S/C16H31N5S/c1-6-20(7-2)11-9-10-17-16(22)19-13(4)15-12-18-21(8-3)14(15)5/h12-13H,6-11H2,1-5H3,(H2,17,19,22). The van der Waals surface area contributed by atoms with Gasteiger partial charge in [-0.3, -0.25) is 4.68 Å². The van der Waals surface area contributed by atoms with Crippen LogP contribution in [0.2, 0.25) is 0 Å². The van der Waals surface area contributed by atoms with Gasteiger partial charge >= 0.3 is 0 Å². The van der Waals surface area contributed by atoms with E-state index in [0.29, 0.717) is 0 Å². The summed E-state index contributed by atoms with van der Waals surface area (Å²) < 4.78 is 2.01. The Morgan fingerprint density at radius 1 is 1.36 bits per heavy atom. The van der Waals surface area contributed by atoms with Crippen LogP contribution in [0.25, 0.3) is 0 Å². The zero-order chi connectivity index (χ0) is 16.5. The molecule has 0 radical (unpaired) electrons. The first-order chi connectivity index (χ1) is 10.5. The smallest absolute Gasteiger partial charge is 0.166 e. The van der Waals surface area contributed by atoms with E-state index >= 15 is 0 Å².